The molecule has 2 rings (SSSR count). The lowest BCUT2D eigenvalue weighted by atomic mass is 10.1. The van der Waals surface area contributed by atoms with Crippen molar-refractivity contribution >= 4 is 17.6 Å². The summed E-state index contributed by atoms with van der Waals surface area (Å²) < 4.78 is 15.6. The number of nitrogens with one attached hydrogen (secondary N) is 1. The number of esters is 1. The highest BCUT2D eigenvalue weighted by Crippen LogP contribution is 2.35. The Morgan fingerprint density at radius 3 is 2.47 bits per heavy atom. The number of ether oxygens (including phenoxy) is 3. The van der Waals surface area contributed by atoms with Gasteiger partial charge in [-0.1, -0.05) is 30.3 Å². The zero-order valence-corrected chi connectivity index (χ0v) is 17.0. The van der Waals surface area contributed by atoms with Gasteiger partial charge in [0.1, 0.15) is 5.56 Å². The first-order chi connectivity index (χ1) is 14.4. The zero-order chi connectivity index (χ0) is 22.1. The molecule has 0 aliphatic heterocycles. The number of hydrogen-bond donors (Lipinski definition) is 1. The highest BCUT2D eigenvalue weighted by molar-refractivity contribution is 5.96. The van der Waals surface area contributed by atoms with Crippen LogP contribution in [0.4, 0.5) is 5.69 Å². The SMILES string of the molecule is CCOc1cc([N+](=O)[O-])c(C(=O)OC(C)C(=O)NCCc2ccccc2)cc1OC. The minimum absolute atomic E-state index is 0.134. The first kappa shape index (κ1) is 22.7. The Bertz CT molecular complexity index is 900. The van der Waals surface area contributed by atoms with Crippen molar-refractivity contribution in [3.63, 3.8) is 0 Å². The number of amides is 1. The molecule has 9 nitrogen and oxygen atoms in total. The first-order valence-corrected chi connectivity index (χ1v) is 9.39. The third-order valence-corrected chi connectivity index (χ3v) is 4.21. The van der Waals surface area contributed by atoms with Gasteiger partial charge in [-0.25, -0.2) is 4.79 Å². The number of nitrogens with zero attached hydrogens (tertiary/aromatic N) is 1. The van der Waals surface area contributed by atoms with E-state index in [-0.39, 0.29) is 23.7 Å². The van der Waals surface area contributed by atoms with E-state index in [1.807, 2.05) is 30.3 Å². The number of methoxy groups -OCH3 is 1. The van der Waals surface area contributed by atoms with Crippen LogP contribution in [0, 0.1) is 10.1 Å². The van der Waals surface area contributed by atoms with E-state index >= 15 is 0 Å². The van der Waals surface area contributed by atoms with Crippen molar-refractivity contribution in [1.29, 1.82) is 0 Å². The molecule has 1 unspecified atom stereocenters. The topological polar surface area (TPSA) is 117 Å². The summed E-state index contributed by atoms with van der Waals surface area (Å²) in [6.07, 6.45) is -0.514. The Morgan fingerprint density at radius 2 is 1.87 bits per heavy atom. The normalized spacial score (nSPS) is 11.3. The molecule has 0 heterocycles. The standard InChI is InChI=1S/C21H24N2O7/c1-4-29-19-13-17(23(26)27)16(12-18(19)28-3)21(25)30-14(2)20(24)22-11-10-15-8-6-5-7-9-15/h5-9,12-14H,4,10-11H2,1-3H3,(H,22,24). The van der Waals surface area contributed by atoms with Crippen molar-refractivity contribution in [2.24, 2.45) is 0 Å². The minimum atomic E-state index is -1.13. The molecular formula is C21H24N2O7. The van der Waals surface area contributed by atoms with E-state index in [9.17, 15) is 19.7 Å². The van der Waals surface area contributed by atoms with Gasteiger partial charge in [-0.3, -0.25) is 14.9 Å². The van der Waals surface area contributed by atoms with Crippen LogP contribution < -0.4 is 14.8 Å². The Hall–Kier alpha value is -3.62. The molecule has 0 aromatic heterocycles. The van der Waals surface area contributed by atoms with Crippen molar-refractivity contribution in [3.8, 4) is 11.5 Å². The van der Waals surface area contributed by atoms with Crippen LogP contribution in [0.25, 0.3) is 0 Å². The van der Waals surface area contributed by atoms with E-state index in [1.165, 1.54) is 20.1 Å². The van der Waals surface area contributed by atoms with Crippen LogP contribution >= 0.6 is 0 Å². The largest absolute Gasteiger partial charge is 0.493 e. The average Bonchev–Trinajstić information content (AvgIpc) is 2.74. The molecule has 30 heavy (non-hydrogen) atoms. The maximum Gasteiger partial charge on any atom is 0.346 e. The van der Waals surface area contributed by atoms with Crippen LogP contribution in [0.1, 0.15) is 29.8 Å². The van der Waals surface area contributed by atoms with E-state index in [4.69, 9.17) is 14.2 Å². The molecule has 2 aromatic rings. The maximum atomic E-state index is 12.5. The third-order valence-electron chi connectivity index (χ3n) is 4.21. The molecule has 0 radical (unpaired) electrons. The second-order valence-electron chi connectivity index (χ2n) is 6.28. The van der Waals surface area contributed by atoms with E-state index in [2.05, 4.69) is 5.32 Å². The maximum absolute atomic E-state index is 12.5. The second-order valence-corrected chi connectivity index (χ2v) is 6.28. The van der Waals surface area contributed by atoms with Crippen molar-refractivity contribution in [1.82, 2.24) is 5.32 Å². The highest BCUT2D eigenvalue weighted by Gasteiger charge is 2.28. The Labute approximate surface area is 174 Å². The van der Waals surface area contributed by atoms with E-state index in [0.717, 1.165) is 11.6 Å². The summed E-state index contributed by atoms with van der Waals surface area (Å²) in [7, 11) is 1.35. The smallest absolute Gasteiger partial charge is 0.346 e. The first-order valence-electron chi connectivity index (χ1n) is 9.39. The van der Waals surface area contributed by atoms with E-state index in [0.29, 0.717) is 13.0 Å². The molecule has 1 amide bonds. The molecule has 0 aliphatic carbocycles. The van der Waals surface area contributed by atoms with Crippen molar-refractivity contribution in [2.75, 3.05) is 20.3 Å². The summed E-state index contributed by atoms with van der Waals surface area (Å²) in [4.78, 5) is 35.4. The van der Waals surface area contributed by atoms with Crippen LogP contribution in [0.5, 0.6) is 11.5 Å². The van der Waals surface area contributed by atoms with Gasteiger partial charge in [-0.2, -0.15) is 0 Å². The molecule has 0 saturated carbocycles. The number of hydrogen-bond acceptors (Lipinski definition) is 7. The molecular weight excluding hydrogens is 392 g/mol. The molecule has 0 aliphatic rings. The molecule has 9 heteroatoms. The number of rotatable bonds is 10. The van der Waals surface area contributed by atoms with Crippen molar-refractivity contribution < 1.29 is 28.7 Å². The molecule has 0 fully saturated rings. The summed E-state index contributed by atoms with van der Waals surface area (Å²) in [6.45, 7) is 3.73. The lowest BCUT2D eigenvalue weighted by Crippen LogP contribution is -2.37. The Morgan fingerprint density at radius 1 is 1.17 bits per heavy atom. The molecule has 160 valence electrons. The fourth-order valence-electron chi connectivity index (χ4n) is 2.69. The number of carbonyl (C=O) groups excluding carboxylic acids is 2. The van der Waals surface area contributed by atoms with Crippen molar-refractivity contribution in [2.45, 2.75) is 26.4 Å². The van der Waals surface area contributed by atoms with Gasteiger partial charge in [-0.15, -0.1) is 0 Å². The molecule has 1 N–H and O–H groups in total. The predicted molar refractivity (Wildman–Crippen MR) is 109 cm³/mol. The minimum Gasteiger partial charge on any atom is -0.493 e. The summed E-state index contributed by atoms with van der Waals surface area (Å²) in [5.41, 5.74) is 0.227. The average molecular weight is 416 g/mol. The summed E-state index contributed by atoms with van der Waals surface area (Å²) >= 11 is 0. The summed E-state index contributed by atoms with van der Waals surface area (Å²) in [5, 5.41) is 14.1. The van der Waals surface area contributed by atoms with Gasteiger partial charge in [0.25, 0.3) is 11.6 Å². The van der Waals surface area contributed by atoms with Gasteiger partial charge in [0.05, 0.1) is 24.7 Å². The van der Waals surface area contributed by atoms with E-state index in [1.54, 1.807) is 6.92 Å². The monoisotopic (exact) mass is 416 g/mol. The number of benzene rings is 2. The van der Waals surface area contributed by atoms with Gasteiger partial charge in [0.2, 0.25) is 0 Å². The van der Waals surface area contributed by atoms with Gasteiger partial charge >= 0.3 is 5.97 Å². The molecule has 1 atom stereocenters. The Kier molecular flexibility index (Phi) is 8.16. The Balaban J connectivity index is 2.06. The highest BCUT2D eigenvalue weighted by atomic mass is 16.6. The second kappa shape index (κ2) is 10.8. The quantitative estimate of drug-likeness (QED) is 0.359. The molecule has 0 spiro atoms. The molecule has 2 aromatic carbocycles. The fourth-order valence-corrected chi connectivity index (χ4v) is 2.69. The molecule has 0 saturated heterocycles. The van der Waals surface area contributed by atoms with Gasteiger partial charge in [-0.05, 0) is 25.8 Å². The number of nitro groups is 1. The van der Waals surface area contributed by atoms with Crippen LogP contribution in [-0.2, 0) is 16.0 Å². The van der Waals surface area contributed by atoms with Gasteiger partial charge < -0.3 is 19.5 Å². The summed E-state index contributed by atoms with van der Waals surface area (Å²) in [5.74, 6) is -1.22. The lowest BCUT2D eigenvalue weighted by molar-refractivity contribution is -0.385. The lowest BCUT2D eigenvalue weighted by Gasteiger charge is -2.15. The van der Waals surface area contributed by atoms with Gasteiger partial charge in [0.15, 0.2) is 17.6 Å². The van der Waals surface area contributed by atoms with Crippen LogP contribution in [0.15, 0.2) is 42.5 Å². The number of carbonyl (C=O) groups is 2. The van der Waals surface area contributed by atoms with Crippen LogP contribution in [-0.4, -0.2) is 43.2 Å². The molecule has 0 bridgehead atoms. The van der Waals surface area contributed by atoms with Crippen LogP contribution in [0.2, 0.25) is 0 Å². The van der Waals surface area contributed by atoms with Gasteiger partial charge in [0, 0.05) is 12.6 Å². The zero-order valence-electron chi connectivity index (χ0n) is 17.0. The van der Waals surface area contributed by atoms with Crippen LogP contribution in [0.3, 0.4) is 0 Å². The third kappa shape index (κ3) is 5.94. The van der Waals surface area contributed by atoms with Crippen molar-refractivity contribution in [3.05, 3.63) is 63.7 Å². The predicted octanol–water partition coefficient (Wildman–Crippen LogP) is 2.91. The van der Waals surface area contributed by atoms with E-state index < -0.39 is 28.6 Å². The summed E-state index contributed by atoms with van der Waals surface area (Å²) in [6, 6.07) is 11.9. The fraction of sp³-hybridized carbons (Fsp3) is 0.333. The number of nitro benzene ring substituents is 1.